The van der Waals surface area contributed by atoms with E-state index in [1.54, 1.807) is 0 Å². The number of rotatable bonds is 3. The Hall–Kier alpha value is -2.97. The number of aromatic nitrogens is 1. The second-order valence-corrected chi connectivity index (χ2v) is 13.6. The van der Waals surface area contributed by atoms with Gasteiger partial charge in [0.1, 0.15) is 7.05 Å². The van der Waals surface area contributed by atoms with Crippen LogP contribution in [0.4, 0.5) is 0 Å². The zero-order chi connectivity index (χ0) is 25.8. The zero-order valence-corrected chi connectivity index (χ0v) is 23.8. The van der Waals surface area contributed by atoms with Crippen LogP contribution in [-0.2, 0) is 18.9 Å². The van der Waals surface area contributed by atoms with E-state index < -0.39 is 0 Å². The third kappa shape index (κ3) is 4.72. The molecule has 2 aromatic heterocycles. The Morgan fingerprint density at radius 3 is 2.22 bits per heavy atom. The van der Waals surface area contributed by atoms with Crippen molar-refractivity contribution in [2.45, 2.75) is 60.3 Å². The Labute approximate surface area is 220 Å². The molecule has 5 rings (SSSR count). The van der Waals surface area contributed by atoms with Crippen molar-refractivity contribution in [1.82, 2.24) is 0 Å². The summed E-state index contributed by atoms with van der Waals surface area (Å²) in [6.45, 7) is 16.1. The first kappa shape index (κ1) is 24.7. The lowest BCUT2D eigenvalue weighted by Crippen LogP contribution is -2.30. The van der Waals surface area contributed by atoms with Crippen LogP contribution in [0.15, 0.2) is 72.9 Å². The summed E-state index contributed by atoms with van der Waals surface area (Å²) in [6, 6.07) is 25.3. The second-order valence-electron chi connectivity index (χ2n) is 12.5. The van der Waals surface area contributed by atoms with Crippen LogP contribution in [0.3, 0.4) is 0 Å². The van der Waals surface area contributed by atoms with Gasteiger partial charge in [-0.15, -0.1) is 11.3 Å². The van der Waals surface area contributed by atoms with Gasteiger partial charge < -0.3 is 0 Å². The summed E-state index contributed by atoms with van der Waals surface area (Å²) in [4.78, 5) is 1.33. The third-order valence-electron chi connectivity index (χ3n) is 7.15. The highest BCUT2D eigenvalue weighted by atomic mass is 32.1. The molecule has 0 aliphatic carbocycles. The van der Waals surface area contributed by atoms with Crippen molar-refractivity contribution in [2.75, 3.05) is 0 Å². The second kappa shape index (κ2) is 8.85. The number of nitrogens with zero attached hydrogens (tertiary/aromatic N) is 1. The molecule has 0 aliphatic rings. The fourth-order valence-electron chi connectivity index (χ4n) is 5.34. The molecule has 36 heavy (non-hydrogen) atoms. The van der Waals surface area contributed by atoms with Crippen LogP contribution in [0, 0.1) is 12.3 Å². The van der Waals surface area contributed by atoms with Gasteiger partial charge in [0.05, 0.1) is 0 Å². The predicted octanol–water partition coefficient (Wildman–Crippen LogP) is 9.41. The lowest BCUT2D eigenvalue weighted by atomic mass is 9.80. The van der Waals surface area contributed by atoms with Crippen molar-refractivity contribution in [2.24, 2.45) is 12.5 Å². The van der Waals surface area contributed by atoms with Crippen molar-refractivity contribution in [3.8, 4) is 21.7 Å². The molecule has 3 aromatic carbocycles. The van der Waals surface area contributed by atoms with Gasteiger partial charge in [-0.05, 0) is 75.2 Å². The molecule has 0 N–H and O–H groups in total. The average molecular weight is 493 g/mol. The lowest BCUT2D eigenvalue weighted by Gasteiger charge is -2.24. The minimum absolute atomic E-state index is 0.0640. The number of hydrogen-bond acceptors (Lipinski definition) is 1. The Morgan fingerprint density at radius 2 is 1.53 bits per heavy atom. The van der Waals surface area contributed by atoms with Crippen LogP contribution in [0.25, 0.3) is 42.6 Å². The molecule has 0 saturated carbocycles. The smallest absolute Gasteiger partial charge is 0.201 e. The minimum Gasteiger partial charge on any atom is -0.201 e. The molecule has 2 heteroatoms. The van der Waals surface area contributed by atoms with E-state index in [0.717, 1.165) is 6.42 Å². The lowest BCUT2D eigenvalue weighted by molar-refractivity contribution is -0.660. The van der Waals surface area contributed by atoms with Crippen molar-refractivity contribution in [3.05, 3.63) is 89.6 Å². The van der Waals surface area contributed by atoms with E-state index in [2.05, 4.69) is 133 Å². The van der Waals surface area contributed by atoms with Crippen LogP contribution >= 0.6 is 11.3 Å². The van der Waals surface area contributed by atoms with Gasteiger partial charge in [0, 0.05) is 32.8 Å². The van der Waals surface area contributed by atoms with Crippen LogP contribution in [-0.4, -0.2) is 0 Å². The molecule has 0 fully saturated rings. The quantitative estimate of drug-likeness (QED) is 0.221. The highest BCUT2D eigenvalue weighted by Gasteiger charge is 2.23. The van der Waals surface area contributed by atoms with E-state index in [4.69, 9.17) is 0 Å². The highest BCUT2D eigenvalue weighted by Crippen LogP contribution is 2.39. The van der Waals surface area contributed by atoms with Gasteiger partial charge in [0.2, 0.25) is 5.69 Å². The average Bonchev–Trinajstić information content (AvgIpc) is 3.21. The molecule has 0 amide bonds. The standard InChI is InChI=1S/C34H38NS/c1-22-26-11-9-10-12-27(26)29(34(5,6)7)20-28(22)30-18-25(15-16-35(30)8)32-19-24-14-13-23(17-31(24)36-32)21-33(2,3)4/h9-20H,21H2,1-8H3/q+1. The maximum Gasteiger partial charge on any atom is 0.213 e. The maximum atomic E-state index is 2.43. The Balaban J connectivity index is 1.64. The molecule has 0 bridgehead atoms. The maximum absolute atomic E-state index is 2.43. The first-order chi connectivity index (χ1) is 16.9. The molecule has 0 spiro atoms. The SMILES string of the molecule is Cc1c(-c2cc(-c3cc4ccc(CC(C)(C)C)cc4s3)cc[n+]2C)cc(C(C)(C)C)c2ccccc12. The van der Waals surface area contributed by atoms with E-state index in [1.807, 2.05) is 11.3 Å². The van der Waals surface area contributed by atoms with Gasteiger partial charge >= 0.3 is 0 Å². The third-order valence-corrected chi connectivity index (χ3v) is 8.30. The number of pyridine rings is 1. The Morgan fingerprint density at radius 1 is 0.806 bits per heavy atom. The summed E-state index contributed by atoms with van der Waals surface area (Å²) in [5.74, 6) is 0. The largest absolute Gasteiger partial charge is 0.213 e. The van der Waals surface area contributed by atoms with E-state index in [0.29, 0.717) is 5.41 Å². The Kier molecular flexibility index (Phi) is 6.08. The van der Waals surface area contributed by atoms with Gasteiger partial charge in [0.25, 0.3) is 0 Å². The number of hydrogen-bond donors (Lipinski definition) is 0. The summed E-state index contributed by atoms with van der Waals surface area (Å²) in [5, 5.41) is 4.04. The number of thiophene rings is 1. The summed E-state index contributed by atoms with van der Waals surface area (Å²) < 4.78 is 3.64. The molecule has 0 saturated heterocycles. The monoisotopic (exact) mass is 492 g/mol. The zero-order valence-electron chi connectivity index (χ0n) is 23.0. The van der Waals surface area contributed by atoms with E-state index in [9.17, 15) is 0 Å². The van der Waals surface area contributed by atoms with Crippen LogP contribution < -0.4 is 4.57 Å². The van der Waals surface area contributed by atoms with Crippen LogP contribution in [0.2, 0.25) is 0 Å². The van der Waals surface area contributed by atoms with E-state index >= 15 is 0 Å². The molecule has 5 aromatic rings. The highest BCUT2D eigenvalue weighted by molar-refractivity contribution is 7.22. The summed E-state index contributed by atoms with van der Waals surface area (Å²) in [6.07, 6.45) is 3.31. The van der Waals surface area contributed by atoms with Gasteiger partial charge in [-0.25, -0.2) is 4.57 Å². The van der Waals surface area contributed by atoms with Crippen molar-refractivity contribution >= 4 is 32.2 Å². The summed E-state index contributed by atoms with van der Waals surface area (Å²) in [7, 11) is 2.16. The van der Waals surface area contributed by atoms with E-state index in [-0.39, 0.29) is 5.41 Å². The Bertz CT molecular complexity index is 1590. The molecule has 184 valence electrons. The first-order valence-electron chi connectivity index (χ1n) is 13.0. The van der Waals surface area contributed by atoms with Crippen LogP contribution in [0.1, 0.15) is 58.2 Å². The predicted molar refractivity (Wildman–Crippen MR) is 158 cm³/mol. The molecule has 0 atom stereocenters. The molecule has 0 radical (unpaired) electrons. The number of benzene rings is 3. The normalized spacial score (nSPS) is 12.6. The first-order valence-corrected chi connectivity index (χ1v) is 13.8. The van der Waals surface area contributed by atoms with E-state index in [1.165, 1.54) is 59.2 Å². The molecule has 1 nitrogen and oxygen atoms in total. The number of aryl methyl sites for hydroxylation is 2. The fourth-order valence-corrected chi connectivity index (χ4v) is 6.46. The minimum atomic E-state index is 0.0640. The van der Waals surface area contributed by atoms with Gasteiger partial charge in [0.15, 0.2) is 6.20 Å². The fraction of sp³-hybridized carbons (Fsp3) is 0.324. The summed E-state index contributed by atoms with van der Waals surface area (Å²) >= 11 is 1.91. The summed E-state index contributed by atoms with van der Waals surface area (Å²) in [5.41, 5.74) is 8.38. The molecule has 0 unspecified atom stereocenters. The van der Waals surface area contributed by atoms with Gasteiger partial charge in [-0.1, -0.05) is 77.9 Å². The molecular weight excluding hydrogens is 454 g/mol. The van der Waals surface area contributed by atoms with Gasteiger partial charge in [-0.2, -0.15) is 0 Å². The van der Waals surface area contributed by atoms with Crippen molar-refractivity contribution < 1.29 is 4.57 Å². The van der Waals surface area contributed by atoms with Crippen LogP contribution in [0.5, 0.6) is 0 Å². The van der Waals surface area contributed by atoms with Crippen molar-refractivity contribution in [1.29, 1.82) is 0 Å². The van der Waals surface area contributed by atoms with Crippen molar-refractivity contribution in [3.63, 3.8) is 0 Å². The molecule has 0 aliphatic heterocycles. The number of fused-ring (bicyclic) bond motifs is 2. The molecular formula is C34H38NS+. The molecule has 2 heterocycles. The topological polar surface area (TPSA) is 3.88 Å². The van der Waals surface area contributed by atoms with Gasteiger partial charge in [-0.3, -0.25) is 0 Å².